The molecule has 11 nitrogen and oxygen atoms in total. The molecule has 4 amide bonds. The molecule has 0 bridgehead atoms. The molecule has 35 heavy (non-hydrogen) atoms. The van der Waals surface area contributed by atoms with Crippen LogP contribution < -0.4 is 22.1 Å². The number of carbonyl (C=O) groups is 5. The predicted molar refractivity (Wildman–Crippen MR) is 128 cm³/mol. The molecular formula is C24H35N5O6. The van der Waals surface area contributed by atoms with E-state index in [0.717, 1.165) is 5.56 Å². The number of nitrogens with two attached hydrogens (primary N) is 2. The van der Waals surface area contributed by atoms with Crippen LogP contribution >= 0.6 is 0 Å². The zero-order valence-corrected chi connectivity index (χ0v) is 20.1. The molecule has 0 saturated carbocycles. The Labute approximate surface area is 204 Å². The number of primary amides is 1. The molecule has 11 heteroatoms. The molecule has 7 N–H and O–H groups in total. The lowest BCUT2D eigenvalue weighted by atomic mass is 10.0. The first-order chi connectivity index (χ1) is 16.5. The normalized spacial score (nSPS) is 17.9. The number of benzene rings is 1. The van der Waals surface area contributed by atoms with E-state index in [9.17, 15) is 29.1 Å². The van der Waals surface area contributed by atoms with E-state index >= 15 is 0 Å². The number of rotatable bonds is 12. The van der Waals surface area contributed by atoms with Gasteiger partial charge in [0.1, 0.15) is 18.1 Å². The number of carbonyl (C=O) groups excluding carboxylic acids is 4. The van der Waals surface area contributed by atoms with Gasteiger partial charge in [-0.2, -0.15) is 0 Å². The van der Waals surface area contributed by atoms with Crippen molar-refractivity contribution < 1.29 is 29.1 Å². The summed E-state index contributed by atoms with van der Waals surface area (Å²) in [5.74, 6) is -3.71. The van der Waals surface area contributed by atoms with Crippen molar-refractivity contribution in [1.29, 1.82) is 0 Å². The minimum absolute atomic E-state index is 0.0782. The number of nitrogens with zero attached hydrogens (tertiary/aromatic N) is 1. The van der Waals surface area contributed by atoms with Crippen molar-refractivity contribution in [2.75, 3.05) is 6.54 Å². The largest absolute Gasteiger partial charge is 0.480 e. The van der Waals surface area contributed by atoms with E-state index in [4.69, 9.17) is 11.5 Å². The number of amides is 4. The quantitative estimate of drug-likeness (QED) is 0.262. The van der Waals surface area contributed by atoms with E-state index in [1.165, 1.54) is 4.90 Å². The van der Waals surface area contributed by atoms with Crippen LogP contribution in [0.25, 0.3) is 0 Å². The van der Waals surface area contributed by atoms with E-state index in [-0.39, 0.29) is 18.2 Å². The summed E-state index contributed by atoms with van der Waals surface area (Å²) in [5.41, 5.74) is 11.9. The monoisotopic (exact) mass is 489 g/mol. The smallest absolute Gasteiger partial charge is 0.326 e. The van der Waals surface area contributed by atoms with Gasteiger partial charge in [0, 0.05) is 13.0 Å². The van der Waals surface area contributed by atoms with Gasteiger partial charge < -0.3 is 32.1 Å². The summed E-state index contributed by atoms with van der Waals surface area (Å²) in [6.45, 7) is 4.30. The molecule has 4 atom stereocenters. The fourth-order valence-corrected chi connectivity index (χ4v) is 4.13. The Kier molecular flexibility index (Phi) is 10.2. The van der Waals surface area contributed by atoms with Crippen molar-refractivity contribution >= 4 is 29.6 Å². The lowest BCUT2D eigenvalue weighted by Crippen LogP contribution is -2.57. The third-order valence-corrected chi connectivity index (χ3v) is 5.82. The lowest BCUT2D eigenvalue weighted by molar-refractivity contribution is -0.144. The fraction of sp³-hybridized carbons (Fsp3) is 0.542. The summed E-state index contributed by atoms with van der Waals surface area (Å²) in [7, 11) is 0. The van der Waals surface area contributed by atoms with Gasteiger partial charge in [-0.05, 0) is 30.7 Å². The summed E-state index contributed by atoms with van der Waals surface area (Å²) >= 11 is 0. The Bertz CT molecular complexity index is 922. The molecule has 4 unspecified atom stereocenters. The second-order valence-corrected chi connectivity index (χ2v) is 9.25. The maximum Gasteiger partial charge on any atom is 0.326 e. The Morgan fingerprint density at radius 3 is 2.31 bits per heavy atom. The molecular weight excluding hydrogens is 454 g/mol. The van der Waals surface area contributed by atoms with Gasteiger partial charge >= 0.3 is 5.97 Å². The van der Waals surface area contributed by atoms with Crippen molar-refractivity contribution in [2.45, 2.75) is 70.1 Å². The Morgan fingerprint density at radius 2 is 1.74 bits per heavy atom. The molecule has 0 spiro atoms. The van der Waals surface area contributed by atoms with Crippen molar-refractivity contribution in [1.82, 2.24) is 15.5 Å². The van der Waals surface area contributed by atoms with Crippen LogP contribution in [0.5, 0.6) is 0 Å². The van der Waals surface area contributed by atoms with Gasteiger partial charge in [-0.3, -0.25) is 19.2 Å². The molecule has 192 valence electrons. The highest BCUT2D eigenvalue weighted by atomic mass is 16.4. The standard InChI is InChI=1S/C24H35N5O6/c1-14(2)11-16(25)23(33)29-10-6-9-19(29)22(32)27-17(12-15-7-4-3-5-8-15)21(31)28-18(24(34)35)13-20(26)30/h3-5,7-8,14,16-19H,6,9-13,25H2,1-2H3,(H2,26,30)(H,27,32)(H,28,31)(H,34,35). The van der Waals surface area contributed by atoms with Gasteiger partial charge in [0.15, 0.2) is 0 Å². The summed E-state index contributed by atoms with van der Waals surface area (Å²) in [5, 5.41) is 14.3. The molecule has 1 aromatic rings. The summed E-state index contributed by atoms with van der Waals surface area (Å²) < 4.78 is 0. The first kappa shape index (κ1) is 27.8. The molecule has 0 aromatic heterocycles. The second-order valence-electron chi connectivity index (χ2n) is 9.25. The SMILES string of the molecule is CC(C)CC(N)C(=O)N1CCCC1C(=O)NC(Cc1ccccc1)C(=O)NC(CC(N)=O)C(=O)O. The van der Waals surface area contributed by atoms with E-state index in [1.54, 1.807) is 30.3 Å². The number of nitrogens with one attached hydrogen (secondary N) is 2. The Balaban J connectivity index is 2.19. The topological polar surface area (TPSA) is 185 Å². The van der Waals surface area contributed by atoms with E-state index in [0.29, 0.717) is 25.8 Å². The van der Waals surface area contributed by atoms with Gasteiger partial charge in [-0.1, -0.05) is 44.2 Å². The predicted octanol–water partition coefficient (Wildman–Crippen LogP) is -0.477. The highest BCUT2D eigenvalue weighted by molar-refractivity contribution is 5.95. The van der Waals surface area contributed by atoms with Gasteiger partial charge in [-0.25, -0.2) is 4.79 Å². The molecule has 1 fully saturated rings. The minimum Gasteiger partial charge on any atom is -0.480 e. The molecule has 1 heterocycles. The summed E-state index contributed by atoms with van der Waals surface area (Å²) in [6, 6.07) is 4.69. The Hall–Kier alpha value is -3.47. The zero-order chi connectivity index (χ0) is 26.1. The highest BCUT2D eigenvalue weighted by Gasteiger charge is 2.38. The van der Waals surface area contributed by atoms with Crippen LogP contribution in [0.3, 0.4) is 0 Å². The maximum absolute atomic E-state index is 13.2. The van der Waals surface area contributed by atoms with Gasteiger partial charge in [-0.15, -0.1) is 0 Å². The first-order valence-corrected chi connectivity index (χ1v) is 11.7. The molecule has 1 aliphatic rings. The van der Waals surface area contributed by atoms with Crippen molar-refractivity contribution in [3.05, 3.63) is 35.9 Å². The summed E-state index contributed by atoms with van der Waals surface area (Å²) in [6.07, 6.45) is 1.01. The summed E-state index contributed by atoms with van der Waals surface area (Å²) in [4.78, 5) is 63.2. The fourth-order valence-electron chi connectivity index (χ4n) is 4.13. The number of aliphatic carboxylic acids is 1. The number of hydrogen-bond donors (Lipinski definition) is 5. The van der Waals surface area contributed by atoms with E-state index < -0.39 is 54.3 Å². The first-order valence-electron chi connectivity index (χ1n) is 11.7. The van der Waals surface area contributed by atoms with Crippen LogP contribution in [-0.4, -0.2) is 70.3 Å². The molecule has 0 radical (unpaired) electrons. The average Bonchev–Trinajstić information content (AvgIpc) is 3.27. The van der Waals surface area contributed by atoms with Crippen LogP contribution in [0, 0.1) is 5.92 Å². The van der Waals surface area contributed by atoms with Gasteiger partial charge in [0.2, 0.25) is 23.6 Å². The van der Waals surface area contributed by atoms with Crippen molar-refractivity contribution in [3.63, 3.8) is 0 Å². The second kappa shape index (κ2) is 12.8. The molecule has 1 saturated heterocycles. The molecule has 0 aliphatic carbocycles. The van der Waals surface area contributed by atoms with Crippen LogP contribution in [0.2, 0.25) is 0 Å². The van der Waals surface area contributed by atoms with Crippen LogP contribution in [-0.2, 0) is 30.4 Å². The number of likely N-dealkylation sites (tertiary alicyclic amines) is 1. The molecule has 1 aliphatic heterocycles. The number of hydrogen-bond acceptors (Lipinski definition) is 6. The average molecular weight is 490 g/mol. The van der Waals surface area contributed by atoms with Crippen LogP contribution in [0.1, 0.15) is 45.1 Å². The van der Waals surface area contributed by atoms with Crippen LogP contribution in [0.15, 0.2) is 30.3 Å². The van der Waals surface area contributed by atoms with E-state index in [2.05, 4.69) is 10.6 Å². The van der Waals surface area contributed by atoms with Crippen molar-refractivity contribution in [2.24, 2.45) is 17.4 Å². The Morgan fingerprint density at radius 1 is 1.09 bits per heavy atom. The third-order valence-electron chi connectivity index (χ3n) is 5.82. The maximum atomic E-state index is 13.2. The lowest BCUT2D eigenvalue weighted by Gasteiger charge is -2.29. The molecule has 2 rings (SSSR count). The third kappa shape index (κ3) is 8.36. The zero-order valence-electron chi connectivity index (χ0n) is 20.1. The number of carboxylic acid groups (broad SMARTS) is 1. The molecule has 1 aromatic carbocycles. The number of carboxylic acids is 1. The highest BCUT2D eigenvalue weighted by Crippen LogP contribution is 2.20. The van der Waals surface area contributed by atoms with Gasteiger partial charge in [0.25, 0.3) is 0 Å². The minimum atomic E-state index is -1.53. The van der Waals surface area contributed by atoms with Crippen LogP contribution in [0.4, 0.5) is 0 Å². The van der Waals surface area contributed by atoms with Gasteiger partial charge in [0.05, 0.1) is 12.5 Å². The van der Waals surface area contributed by atoms with E-state index in [1.807, 2.05) is 13.8 Å². The van der Waals surface area contributed by atoms with Crippen molar-refractivity contribution in [3.8, 4) is 0 Å².